The molecule has 0 saturated carbocycles. The number of nitrogens with zero attached hydrogens (tertiary/aromatic N) is 3. The van der Waals surface area contributed by atoms with Crippen molar-refractivity contribution in [2.45, 2.75) is 31.8 Å². The fraction of sp³-hybridized carbons (Fsp3) is 0.389. The molecular weight excluding hydrogens is 336 g/mol. The largest absolute Gasteiger partial charge is 0.373 e. The number of ether oxygens (including phenoxy) is 1. The molecule has 3 aromatic heterocycles. The Bertz CT molecular complexity index is 867. The number of fused-ring (bicyclic) bond motifs is 1. The fourth-order valence-electron chi connectivity index (χ4n) is 3.05. The molecule has 0 radical (unpaired) electrons. The van der Waals surface area contributed by atoms with Gasteiger partial charge in [-0.05, 0) is 43.5 Å². The van der Waals surface area contributed by atoms with Gasteiger partial charge in [-0.1, -0.05) is 6.07 Å². The molecule has 4 rings (SSSR count). The van der Waals surface area contributed by atoms with Crippen LogP contribution in [-0.2, 0) is 11.2 Å². The van der Waals surface area contributed by atoms with Crippen LogP contribution in [0, 0.1) is 0 Å². The maximum Gasteiger partial charge on any atom is 0.261 e. The zero-order chi connectivity index (χ0) is 17.1. The Morgan fingerprint density at radius 3 is 3.16 bits per heavy atom. The second-order valence-corrected chi connectivity index (χ2v) is 7.22. The number of pyridine rings is 1. The Balaban J connectivity index is 1.27. The molecule has 25 heavy (non-hydrogen) atoms. The molecule has 0 aliphatic carbocycles. The van der Waals surface area contributed by atoms with E-state index in [2.05, 4.69) is 15.5 Å². The van der Waals surface area contributed by atoms with Gasteiger partial charge in [0.05, 0.1) is 11.0 Å². The predicted octanol–water partition coefficient (Wildman–Crippen LogP) is 3.00. The van der Waals surface area contributed by atoms with E-state index in [9.17, 15) is 4.79 Å². The number of hydrogen-bond acceptors (Lipinski definition) is 5. The topological polar surface area (TPSA) is 68.5 Å². The van der Waals surface area contributed by atoms with E-state index in [0.717, 1.165) is 53.5 Å². The number of carbonyl (C=O) groups excluding carboxylic acids is 1. The van der Waals surface area contributed by atoms with Crippen molar-refractivity contribution in [3.8, 4) is 0 Å². The number of aromatic nitrogens is 3. The van der Waals surface area contributed by atoms with Gasteiger partial charge in [0.25, 0.3) is 5.91 Å². The molecule has 1 unspecified atom stereocenters. The lowest BCUT2D eigenvalue weighted by atomic mass is 10.2. The third-order valence-electron chi connectivity index (χ3n) is 4.34. The standard InChI is InChI=1S/C18H20N4O2S/c23-18(15-9-8-14(25-15)13-5-4-12-24-13)19-10-3-7-17-21-20-16-6-1-2-11-22(16)17/h1-2,6,8-9,11,13H,3-5,7,10,12H2,(H,19,23). The molecule has 3 aromatic rings. The quantitative estimate of drug-likeness (QED) is 0.690. The minimum absolute atomic E-state index is 0.0136. The van der Waals surface area contributed by atoms with Crippen molar-refractivity contribution in [3.63, 3.8) is 0 Å². The van der Waals surface area contributed by atoms with E-state index in [0.29, 0.717) is 6.54 Å². The van der Waals surface area contributed by atoms with Gasteiger partial charge in [0.1, 0.15) is 5.82 Å². The number of carbonyl (C=O) groups is 1. The predicted molar refractivity (Wildman–Crippen MR) is 95.9 cm³/mol. The second-order valence-electron chi connectivity index (χ2n) is 6.11. The minimum Gasteiger partial charge on any atom is -0.373 e. The Hall–Kier alpha value is -2.25. The van der Waals surface area contributed by atoms with Crippen molar-refractivity contribution in [1.29, 1.82) is 0 Å². The molecule has 4 heterocycles. The smallest absolute Gasteiger partial charge is 0.261 e. The Labute approximate surface area is 149 Å². The van der Waals surface area contributed by atoms with Crippen molar-refractivity contribution in [3.05, 3.63) is 52.1 Å². The summed E-state index contributed by atoms with van der Waals surface area (Å²) in [5, 5.41) is 11.3. The Kier molecular flexibility index (Phi) is 4.76. The first-order valence-corrected chi connectivity index (χ1v) is 9.41. The highest BCUT2D eigenvalue weighted by atomic mass is 32.1. The van der Waals surface area contributed by atoms with Gasteiger partial charge < -0.3 is 10.1 Å². The summed E-state index contributed by atoms with van der Waals surface area (Å²) in [4.78, 5) is 14.2. The number of nitrogens with one attached hydrogen (secondary N) is 1. The van der Waals surface area contributed by atoms with Crippen LogP contribution in [0.2, 0.25) is 0 Å². The minimum atomic E-state index is -0.0136. The first kappa shape index (κ1) is 16.2. The van der Waals surface area contributed by atoms with Gasteiger partial charge in [0, 0.05) is 30.6 Å². The molecule has 1 aliphatic heterocycles. The zero-order valence-corrected chi connectivity index (χ0v) is 14.7. The molecule has 1 saturated heterocycles. The van der Waals surface area contributed by atoms with Gasteiger partial charge >= 0.3 is 0 Å². The van der Waals surface area contributed by atoms with Crippen LogP contribution in [0.25, 0.3) is 5.65 Å². The monoisotopic (exact) mass is 356 g/mol. The Morgan fingerprint density at radius 2 is 2.28 bits per heavy atom. The van der Waals surface area contributed by atoms with Gasteiger partial charge in [-0.15, -0.1) is 21.5 Å². The van der Waals surface area contributed by atoms with E-state index in [1.165, 1.54) is 11.3 Å². The normalized spacial score (nSPS) is 17.2. The molecule has 1 fully saturated rings. The average molecular weight is 356 g/mol. The highest BCUT2D eigenvalue weighted by Crippen LogP contribution is 2.33. The van der Waals surface area contributed by atoms with Crippen molar-refractivity contribution in [2.75, 3.05) is 13.2 Å². The molecule has 0 spiro atoms. The van der Waals surface area contributed by atoms with E-state index >= 15 is 0 Å². The lowest BCUT2D eigenvalue weighted by molar-refractivity contribution is 0.0957. The van der Waals surface area contributed by atoms with Crippen LogP contribution in [0.1, 0.15) is 45.7 Å². The van der Waals surface area contributed by atoms with Gasteiger partial charge in [0.15, 0.2) is 5.65 Å². The molecule has 0 bridgehead atoms. The van der Waals surface area contributed by atoms with Gasteiger partial charge in [0.2, 0.25) is 0 Å². The third kappa shape index (κ3) is 3.57. The van der Waals surface area contributed by atoms with Crippen LogP contribution in [0.15, 0.2) is 36.5 Å². The fourth-order valence-corrected chi connectivity index (χ4v) is 4.06. The number of amides is 1. The van der Waals surface area contributed by atoms with Crippen LogP contribution in [0.3, 0.4) is 0 Å². The van der Waals surface area contributed by atoms with Gasteiger partial charge in [-0.2, -0.15) is 0 Å². The van der Waals surface area contributed by atoms with Crippen molar-refractivity contribution >= 4 is 22.9 Å². The first-order chi connectivity index (χ1) is 12.3. The summed E-state index contributed by atoms with van der Waals surface area (Å²) in [5.41, 5.74) is 0.849. The summed E-state index contributed by atoms with van der Waals surface area (Å²) in [5.74, 6) is 0.905. The molecule has 6 nitrogen and oxygen atoms in total. The molecule has 0 aromatic carbocycles. The summed E-state index contributed by atoms with van der Waals surface area (Å²) in [6.07, 6.45) is 5.88. The summed E-state index contributed by atoms with van der Waals surface area (Å²) < 4.78 is 7.65. The van der Waals surface area contributed by atoms with E-state index in [1.54, 1.807) is 0 Å². The highest BCUT2D eigenvalue weighted by molar-refractivity contribution is 7.14. The lowest BCUT2D eigenvalue weighted by Gasteiger charge is -2.05. The molecule has 1 aliphatic rings. The second kappa shape index (κ2) is 7.33. The number of aryl methyl sites for hydroxylation is 1. The number of hydrogen-bond donors (Lipinski definition) is 1. The average Bonchev–Trinajstić information content (AvgIpc) is 3.38. The van der Waals surface area contributed by atoms with Crippen LogP contribution in [-0.4, -0.2) is 33.7 Å². The summed E-state index contributed by atoms with van der Waals surface area (Å²) in [7, 11) is 0. The first-order valence-electron chi connectivity index (χ1n) is 8.59. The molecule has 1 atom stereocenters. The highest BCUT2D eigenvalue weighted by Gasteiger charge is 2.20. The van der Waals surface area contributed by atoms with Crippen molar-refractivity contribution < 1.29 is 9.53 Å². The van der Waals surface area contributed by atoms with E-state index in [-0.39, 0.29) is 12.0 Å². The van der Waals surface area contributed by atoms with Crippen LogP contribution >= 0.6 is 11.3 Å². The maximum atomic E-state index is 12.3. The number of thiophene rings is 1. The lowest BCUT2D eigenvalue weighted by Crippen LogP contribution is -2.24. The SMILES string of the molecule is O=C(NCCCc1nnc2ccccn12)c1ccc(C2CCCO2)s1. The van der Waals surface area contributed by atoms with Gasteiger partial charge in [-0.25, -0.2) is 0 Å². The number of rotatable bonds is 6. The maximum absolute atomic E-state index is 12.3. The molecular formula is C18H20N4O2S. The third-order valence-corrected chi connectivity index (χ3v) is 5.52. The van der Waals surface area contributed by atoms with Crippen LogP contribution in [0.5, 0.6) is 0 Å². The summed E-state index contributed by atoms with van der Waals surface area (Å²) in [6, 6.07) is 9.74. The summed E-state index contributed by atoms with van der Waals surface area (Å²) in [6.45, 7) is 1.44. The van der Waals surface area contributed by atoms with Crippen molar-refractivity contribution in [1.82, 2.24) is 19.9 Å². The van der Waals surface area contributed by atoms with Crippen LogP contribution < -0.4 is 5.32 Å². The van der Waals surface area contributed by atoms with Gasteiger partial charge in [-0.3, -0.25) is 9.20 Å². The van der Waals surface area contributed by atoms with Crippen molar-refractivity contribution in [2.24, 2.45) is 0 Å². The van der Waals surface area contributed by atoms with Crippen LogP contribution in [0.4, 0.5) is 0 Å². The summed E-state index contributed by atoms with van der Waals surface area (Å²) >= 11 is 1.53. The zero-order valence-electron chi connectivity index (χ0n) is 13.9. The van der Waals surface area contributed by atoms with E-state index in [4.69, 9.17) is 4.74 Å². The Morgan fingerprint density at radius 1 is 1.32 bits per heavy atom. The molecule has 1 amide bonds. The molecule has 130 valence electrons. The van der Waals surface area contributed by atoms with E-state index < -0.39 is 0 Å². The van der Waals surface area contributed by atoms with E-state index in [1.807, 2.05) is 40.9 Å². The molecule has 7 heteroatoms. The molecule has 1 N–H and O–H groups in total.